The number of rotatable bonds is 2. The van der Waals surface area contributed by atoms with E-state index in [2.05, 4.69) is 27.6 Å². The average Bonchev–Trinajstić information content (AvgIpc) is 2.46. The quantitative estimate of drug-likeness (QED) is 0.684. The van der Waals surface area contributed by atoms with Gasteiger partial charge in [0.05, 0.1) is 6.04 Å². The van der Waals surface area contributed by atoms with Crippen LogP contribution in [-0.2, 0) is 0 Å². The molecule has 1 heterocycles. The van der Waals surface area contributed by atoms with Crippen molar-refractivity contribution in [3.05, 3.63) is 75.4 Å². The minimum absolute atomic E-state index is 0.245. The summed E-state index contributed by atoms with van der Waals surface area (Å²) in [7, 11) is 0. The predicted molar refractivity (Wildman–Crippen MR) is 86.9 cm³/mol. The molecule has 0 radical (unpaired) electrons. The summed E-state index contributed by atoms with van der Waals surface area (Å²) in [5.41, 5.74) is 8.30. The van der Waals surface area contributed by atoms with Crippen molar-refractivity contribution in [3.8, 4) is 0 Å². The molecule has 2 N–H and O–H groups in total. The molecule has 0 saturated carbocycles. The summed E-state index contributed by atoms with van der Waals surface area (Å²) in [6.45, 7) is 0. The molecular formula is C16H12FIN2. The summed E-state index contributed by atoms with van der Waals surface area (Å²) < 4.78 is 14.0. The van der Waals surface area contributed by atoms with E-state index in [0.29, 0.717) is 0 Å². The van der Waals surface area contributed by atoms with Crippen LogP contribution in [0.2, 0.25) is 0 Å². The second-order valence-electron chi connectivity index (χ2n) is 4.59. The van der Waals surface area contributed by atoms with Crippen molar-refractivity contribution in [1.82, 2.24) is 4.98 Å². The minimum atomic E-state index is -0.296. The third kappa shape index (κ3) is 2.41. The number of halogens is 2. The zero-order valence-electron chi connectivity index (χ0n) is 10.6. The first-order valence-electron chi connectivity index (χ1n) is 6.20. The van der Waals surface area contributed by atoms with E-state index < -0.39 is 0 Å². The van der Waals surface area contributed by atoms with Gasteiger partial charge in [-0.25, -0.2) is 4.39 Å². The van der Waals surface area contributed by atoms with E-state index in [9.17, 15) is 4.39 Å². The van der Waals surface area contributed by atoms with Gasteiger partial charge in [0.2, 0.25) is 0 Å². The molecule has 2 nitrogen and oxygen atoms in total. The number of hydrogen-bond donors (Lipinski definition) is 1. The first-order valence-corrected chi connectivity index (χ1v) is 7.28. The Labute approximate surface area is 130 Å². The molecule has 100 valence electrons. The van der Waals surface area contributed by atoms with E-state index in [4.69, 9.17) is 5.73 Å². The molecule has 1 aromatic heterocycles. The van der Waals surface area contributed by atoms with Gasteiger partial charge in [0.15, 0.2) is 0 Å². The van der Waals surface area contributed by atoms with E-state index in [1.807, 2.05) is 30.5 Å². The van der Waals surface area contributed by atoms with Gasteiger partial charge in [-0.15, -0.1) is 0 Å². The summed E-state index contributed by atoms with van der Waals surface area (Å²) in [5, 5.41) is 2.13. The van der Waals surface area contributed by atoms with Crippen LogP contribution < -0.4 is 5.73 Å². The van der Waals surface area contributed by atoms with Gasteiger partial charge < -0.3 is 5.73 Å². The molecule has 0 fully saturated rings. The molecule has 0 aliphatic rings. The zero-order valence-corrected chi connectivity index (χ0v) is 12.7. The molecule has 1 atom stereocenters. The normalized spacial score (nSPS) is 12.6. The molecule has 4 heteroatoms. The molecule has 0 saturated heterocycles. The summed E-state index contributed by atoms with van der Waals surface area (Å²) in [4.78, 5) is 4.17. The van der Waals surface area contributed by atoms with Crippen LogP contribution in [0.15, 0.2) is 54.9 Å². The maximum Gasteiger partial charge on any atom is 0.124 e. The number of nitrogens with two attached hydrogens (primary N) is 1. The lowest BCUT2D eigenvalue weighted by Crippen LogP contribution is -2.14. The second-order valence-corrected chi connectivity index (χ2v) is 5.75. The number of benzene rings is 2. The highest BCUT2D eigenvalue weighted by Crippen LogP contribution is 2.29. The van der Waals surface area contributed by atoms with Crippen molar-refractivity contribution >= 4 is 33.4 Å². The van der Waals surface area contributed by atoms with Crippen LogP contribution in [0.5, 0.6) is 0 Å². The molecule has 3 aromatic rings. The highest BCUT2D eigenvalue weighted by molar-refractivity contribution is 14.1. The highest BCUT2D eigenvalue weighted by Gasteiger charge is 2.15. The summed E-state index contributed by atoms with van der Waals surface area (Å²) in [6, 6.07) is 12.4. The number of nitrogens with zero attached hydrogens (tertiary/aromatic N) is 1. The molecule has 3 rings (SSSR count). The molecule has 0 bridgehead atoms. The monoisotopic (exact) mass is 378 g/mol. The van der Waals surface area contributed by atoms with Crippen molar-refractivity contribution in [2.45, 2.75) is 6.04 Å². The largest absolute Gasteiger partial charge is 0.320 e. The third-order valence-corrected chi connectivity index (χ3v) is 4.28. The van der Waals surface area contributed by atoms with Crippen LogP contribution >= 0.6 is 22.6 Å². The van der Waals surface area contributed by atoms with Crippen LogP contribution in [0.4, 0.5) is 4.39 Å². The summed E-state index contributed by atoms with van der Waals surface area (Å²) in [5.74, 6) is -0.245. The maximum absolute atomic E-state index is 13.2. The van der Waals surface area contributed by atoms with Crippen molar-refractivity contribution in [3.63, 3.8) is 0 Å². The second kappa shape index (κ2) is 5.46. The highest BCUT2D eigenvalue weighted by atomic mass is 127. The molecule has 0 aliphatic heterocycles. The predicted octanol–water partition coefficient (Wildman–Crippen LogP) is 4.03. The van der Waals surface area contributed by atoms with Gasteiger partial charge >= 0.3 is 0 Å². The molecular weight excluding hydrogens is 366 g/mol. The Hall–Kier alpha value is -1.53. The lowest BCUT2D eigenvalue weighted by atomic mass is 9.95. The van der Waals surface area contributed by atoms with Crippen LogP contribution in [0.3, 0.4) is 0 Å². The van der Waals surface area contributed by atoms with E-state index in [1.165, 1.54) is 12.1 Å². The molecule has 0 amide bonds. The van der Waals surface area contributed by atoms with Crippen LogP contribution in [0, 0.1) is 9.39 Å². The lowest BCUT2D eigenvalue weighted by molar-refractivity contribution is 0.625. The Morgan fingerprint density at radius 1 is 1.10 bits per heavy atom. The molecule has 0 spiro atoms. The van der Waals surface area contributed by atoms with Gasteiger partial charge in [-0.3, -0.25) is 4.98 Å². The first kappa shape index (κ1) is 13.5. The van der Waals surface area contributed by atoms with Crippen LogP contribution in [0.1, 0.15) is 17.2 Å². The molecule has 1 unspecified atom stereocenters. The van der Waals surface area contributed by atoms with E-state index >= 15 is 0 Å². The number of pyridine rings is 1. The Bertz CT molecular complexity index is 768. The fourth-order valence-electron chi connectivity index (χ4n) is 2.33. The number of aromatic nitrogens is 1. The van der Waals surface area contributed by atoms with E-state index in [-0.39, 0.29) is 11.9 Å². The number of hydrogen-bond acceptors (Lipinski definition) is 2. The Morgan fingerprint density at radius 2 is 1.95 bits per heavy atom. The van der Waals surface area contributed by atoms with Crippen molar-refractivity contribution < 1.29 is 4.39 Å². The summed E-state index contributed by atoms with van der Waals surface area (Å²) >= 11 is 2.12. The Kier molecular flexibility index (Phi) is 3.67. The fraction of sp³-hybridized carbons (Fsp3) is 0.0625. The van der Waals surface area contributed by atoms with Gasteiger partial charge in [-0.1, -0.05) is 24.3 Å². The van der Waals surface area contributed by atoms with Crippen molar-refractivity contribution in [1.29, 1.82) is 0 Å². The van der Waals surface area contributed by atoms with Crippen LogP contribution in [0.25, 0.3) is 10.8 Å². The third-order valence-electron chi connectivity index (χ3n) is 3.35. The molecule has 20 heavy (non-hydrogen) atoms. The summed E-state index contributed by atoms with van der Waals surface area (Å²) in [6.07, 6.45) is 3.58. The van der Waals surface area contributed by atoms with Crippen LogP contribution in [-0.4, -0.2) is 4.98 Å². The van der Waals surface area contributed by atoms with Gasteiger partial charge in [0, 0.05) is 21.4 Å². The fourth-order valence-corrected chi connectivity index (χ4v) is 3.14. The number of fused-ring (bicyclic) bond motifs is 1. The zero-order chi connectivity index (χ0) is 14.1. The van der Waals surface area contributed by atoms with Gasteiger partial charge in [-0.05, 0) is 57.3 Å². The Morgan fingerprint density at radius 3 is 2.75 bits per heavy atom. The van der Waals surface area contributed by atoms with Gasteiger partial charge in [0.1, 0.15) is 5.82 Å². The first-order chi connectivity index (χ1) is 9.66. The topological polar surface area (TPSA) is 38.9 Å². The lowest BCUT2D eigenvalue weighted by Gasteiger charge is -2.16. The SMILES string of the molecule is NC(c1ccc(F)cc1I)c1cccc2ccncc12. The minimum Gasteiger partial charge on any atom is -0.320 e. The maximum atomic E-state index is 13.2. The van der Waals surface area contributed by atoms with Crippen molar-refractivity contribution in [2.24, 2.45) is 5.73 Å². The standard InChI is InChI=1S/C16H12FIN2/c17-11-4-5-13(15(18)8-11)16(19)12-3-1-2-10-6-7-20-9-14(10)12/h1-9,16H,19H2. The smallest absolute Gasteiger partial charge is 0.124 e. The van der Waals surface area contributed by atoms with E-state index in [1.54, 1.807) is 12.3 Å². The molecule has 2 aromatic carbocycles. The van der Waals surface area contributed by atoms with Gasteiger partial charge in [-0.2, -0.15) is 0 Å². The Balaban J connectivity index is 2.15. The van der Waals surface area contributed by atoms with Gasteiger partial charge in [0.25, 0.3) is 0 Å². The molecule has 0 aliphatic carbocycles. The van der Waals surface area contributed by atoms with E-state index in [0.717, 1.165) is 25.5 Å². The average molecular weight is 378 g/mol. The van der Waals surface area contributed by atoms with Crippen molar-refractivity contribution in [2.75, 3.05) is 0 Å².